The monoisotopic (exact) mass is 311 g/mol. The summed E-state index contributed by atoms with van der Waals surface area (Å²) in [7, 11) is 0. The van der Waals surface area contributed by atoms with Crippen LogP contribution in [-0.4, -0.2) is 25.8 Å². The first-order valence-electron chi connectivity index (χ1n) is 6.15. The van der Waals surface area contributed by atoms with Crippen LogP contribution in [0.5, 0.6) is 0 Å². The van der Waals surface area contributed by atoms with E-state index in [0.29, 0.717) is 0 Å². The molecule has 9 heteroatoms. The van der Waals surface area contributed by atoms with Gasteiger partial charge in [-0.05, 0) is 11.6 Å². The molecule has 3 rings (SSSR count). The van der Waals surface area contributed by atoms with Crippen molar-refractivity contribution in [3.8, 4) is 11.4 Å². The summed E-state index contributed by atoms with van der Waals surface area (Å²) in [5.74, 6) is -0.630. The number of nitrogens with zero attached hydrogens (tertiary/aromatic N) is 4. The summed E-state index contributed by atoms with van der Waals surface area (Å²) in [6, 6.07) is 3.84. The number of anilines is 1. The lowest BCUT2D eigenvalue weighted by Crippen LogP contribution is -2.11. The third-order valence-electron chi connectivity index (χ3n) is 2.98. The van der Waals surface area contributed by atoms with Crippen molar-refractivity contribution in [2.45, 2.75) is 12.6 Å². The van der Waals surface area contributed by atoms with Crippen LogP contribution >= 0.6 is 0 Å². The number of hydrogen-bond donors (Lipinski definition) is 1. The molecule has 2 N–H and O–H groups in total. The molecule has 0 aliphatic carbocycles. The fourth-order valence-corrected chi connectivity index (χ4v) is 2.06. The van der Waals surface area contributed by atoms with Gasteiger partial charge in [0.15, 0.2) is 5.82 Å². The Hall–Kier alpha value is -2.71. The van der Waals surface area contributed by atoms with E-state index in [1.807, 2.05) is 0 Å². The Labute approximate surface area is 121 Å². The average Bonchev–Trinajstić information content (AvgIpc) is 2.74. The normalized spacial score (nSPS) is 12.0. The molecule has 3 aromatic rings. The van der Waals surface area contributed by atoms with Crippen molar-refractivity contribution in [3.63, 3.8) is 0 Å². The van der Waals surface area contributed by atoms with Gasteiger partial charge in [-0.3, -0.25) is 4.98 Å². The molecule has 0 saturated heterocycles. The smallest absolute Gasteiger partial charge is 0.367 e. The summed E-state index contributed by atoms with van der Waals surface area (Å²) in [4.78, 5) is 7.63. The molecule has 0 fully saturated rings. The molecule has 114 valence electrons. The molecule has 3 heterocycles. The second kappa shape index (κ2) is 4.93. The summed E-state index contributed by atoms with van der Waals surface area (Å²) in [5, 5.41) is 3.88. The predicted octanol–water partition coefficient (Wildman–Crippen LogP) is 2.62. The number of nitrogen functional groups attached to an aromatic ring is 1. The van der Waals surface area contributed by atoms with Gasteiger partial charge >= 0.3 is 6.18 Å². The Morgan fingerprint density at radius 3 is 2.55 bits per heavy atom. The van der Waals surface area contributed by atoms with E-state index >= 15 is 0 Å². The number of hydrogen-bond acceptors (Lipinski definition) is 4. The van der Waals surface area contributed by atoms with Crippen LogP contribution in [0, 0.1) is 5.82 Å². The fourth-order valence-electron chi connectivity index (χ4n) is 2.06. The summed E-state index contributed by atoms with van der Waals surface area (Å²) in [5.41, 5.74) is 6.14. The van der Waals surface area contributed by atoms with Crippen molar-refractivity contribution in [2.24, 2.45) is 0 Å². The number of nitrogens with two attached hydrogens (primary N) is 1. The molecule has 0 amide bonds. The van der Waals surface area contributed by atoms with Crippen LogP contribution < -0.4 is 5.73 Å². The number of aromatic nitrogens is 4. The molecule has 0 bridgehead atoms. The highest BCUT2D eigenvalue weighted by Crippen LogP contribution is 2.25. The van der Waals surface area contributed by atoms with Crippen molar-refractivity contribution >= 4 is 11.5 Å². The van der Waals surface area contributed by atoms with E-state index in [2.05, 4.69) is 15.1 Å². The summed E-state index contributed by atoms with van der Waals surface area (Å²) < 4.78 is 51.9. The van der Waals surface area contributed by atoms with Crippen molar-refractivity contribution in [3.05, 3.63) is 42.0 Å². The summed E-state index contributed by atoms with van der Waals surface area (Å²) in [6.45, 7) is 0. The molecule has 22 heavy (non-hydrogen) atoms. The van der Waals surface area contributed by atoms with Gasteiger partial charge in [0.2, 0.25) is 5.95 Å². The number of alkyl halides is 3. The maximum atomic E-state index is 13.8. The maximum absolute atomic E-state index is 13.8. The Balaban J connectivity index is 2.03. The molecular weight excluding hydrogens is 302 g/mol. The highest BCUT2D eigenvalue weighted by molar-refractivity contribution is 5.64. The van der Waals surface area contributed by atoms with Gasteiger partial charge in [0.05, 0.1) is 24.0 Å². The summed E-state index contributed by atoms with van der Waals surface area (Å²) >= 11 is 0. The van der Waals surface area contributed by atoms with E-state index in [9.17, 15) is 17.6 Å². The molecule has 0 unspecified atom stereocenters. The minimum atomic E-state index is -4.31. The predicted molar refractivity (Wildman–Crippen MR) is 70.3 cm³/mol. The minimum Gasteiger partial charge on any atom is -0.367 e. The van der Waals surface area contributed by atoms with Gasteiger partial charge in [-0.15, -0.1) is 5.10 Å². The lowest BCUT2D eigenvalue weighted by atomic mass is 10.2. The van der Waals surface area contributed by atoms with Crippen molar-refractivity contribution in [2.75, 3.05) is 5.73 Å². The molecule has 0 spiro atoms. The van der Waals surface area contributed by atoms with E-state index in [4.69, 9.17) is 5.73 Å². The first-order chi connectivity index (χ1) is 10.3. The standard InChI is InChI=1S/C13H9F4N5/c14-8-3-10(22-11(8)6-20-12(18)21-22)9-2-1-7(5-19-9)4-13(15,16)17/h1-3,5-6H,4H2,(H2,18,21). The van der Waals surface area contributed by atoms with Crippen LogP contribution in [0.3, 0.4) is 0 Å². The lowest BCUT2D eigenvalue weighted by molar-refractivity contribution is -0.127. The molecule has 0 saturated carbocycles. The van der Waals surface area contributed by atoms with E-state index in [0.717, 1.165) is 6.20 Å². The molecule has 0 aliphatic rings. The zero-order chi connectivity index (χ0) is 15.9. The highest BCUT2D eigenvalue weighted by atomic mass is 19.4. The van der Waals surface area contributed by atoms with Crippen LogP contribution in [0.25, 0.3) is 16.9 Å². The van der Waals surface area contributed by atoms with E-state index in [-0.39, 0.29) is 28.4 Å². The Kier molecular flexibility index (Phi) is 3.19. The van der Waals surface area contributed by atoms with Gasteiger partial charge in [-0.1, -0.05) is 6.07 Å². The maximum Gasteiger partial charge on any atom is 0.393 e. The van der Waals surface area contributed by atoms with Crippen molar-refractivity contribution < 1.29 is 17.6 Å². The van der Waals surface area contributed by atoms with Gasteiger partial charge in [0.1, 0.15) is 5.52 Å². The van der Waals surface area contributed by atoms with Gasteiger partial charge in [0, 0.05) is 12.3 Å². The molecule has 5 nitrogen and oxygen atoms in total. The largest absolute Gasteiger partial charge is 0.393 e. The van der Waals surface area contributed by atoms with E-state index < -0.39 is 18.4 Å². The third-order valence-corrected chi connectivity index (χ3v) is 2.98. The number of halogens is 4. The molecule has 0 aliphatic heterocycles. The summed E-state index contributed by atoms with van der Waals surface area (Å²) in [6.07, 6.45) is -3.05. The zero-order valence-corrected chi connectivity index (χ0v) is 11.0. The fraction of sp³-hybridized carbons (Fsp3) is 0.154. The third kappa shape index (κ3) is 2.69. The van der Waals surface area contributed by atoms with Gasteiger partial charge in [0.25, 0.3) is 0 Å². The van der Waals surface area contributed by atoms with Gasteiger partial charge in [-0.25, -0.2) is 13.9 Å². The minimum absolute atomic E-state index is 0.0201. The van der Waals surface area contributed by atoms with E-state index in [1.54, 1.807) is 0 Å². The Morgan fingerprint density at radius 2 is 1.91 bits per heavy atom. The van der Waals surface area contributed by atoms with Gasteiger partial charge < -0.3 is 5.73 Å². The van der Waals surface area contributed by atoms with Crippen LogP contribution in [0.2, 0.25) is 0 Å². The Bertz CT molecular complexity index is 823. The van der Waals surface area contributed by atoms with Crippen molar-refractivity contribution in [1.29, 1.82) is 0 Å². The first-order valence-corrected chi connectivity index (χ1v) is 6.15. The van der Waals surface area contributed by atoms with Gasteiger partial charge in [-0.2, -0.15) is 13.2 Å². The van der Waals surface area contributed by atoms with Crippen LogP contribution in [-0.2, 0) is 6.42 Å². The molecule has 3 aromatic heterocycles. The van der Waals surface area contributed by atoms with Crippen molar-refractivity contribution in [1.82, 2.24) is 19.6 Å². The van der Waals surface area contributed by atoms with Crippen LogP contribution in [0.4, 0.5) is 23.5 Å². The molecule has 0 radical (unpaired) electrons. The van der Waals surface area contributed by atoms with Crippen LogP contribution in [0.1, 0.15) is 5.56 Å². The second-order valence-corrected chi connectivity index (χ2v) is 4.63. The quantitative estimate of drug-likeness (QED) is 0.739. The Morgan fingerprint density at radius 1 is 1.14 bits per heavy atom. The second-order valence-electron chi connectivity index (χ2n) is 4.63. The van der Waals surface area contributed by atoms with E-state index in [1.165, 1.54) is 28.9 Å². The molecule has 0 aromatic carbocycles. The lowest BCUT2D eigenvalue weighted by Gasteiger charge is -2.06. The first kappa shape index (κ1) is 14.2. The number of fused-ring (bicyclic) bond motifs is 1. The molecule has 0 atom stereocenters. The SMILES string of the molecule is Nc1ncc2c(F)cc(-c3ccc(CC(F)(F)F)cn3)n2n1. The van der Waals surface area contributed by atoms with Crippen LogP contribution in [0.15, 0.2) is 30.6 Å². The zero-order valence-electron chi connectivity index (χ0n) is 11.0. The number of rotatable bonds is 2. The topological polar surface area (TPSA) is 69.1 Å². The highest BCUT2D eigenvalue weighted by Gasteiger charge is 2.27. The number of pyridine rings is 1. The molecular formula is C13H9F4N5. The average molecular weight is 311 g/mol.